The topological polar surface area (TPSA) is 29.5 Å². The van der Waals surface area contributed by atoms with Crippen LogP contribution in [-0.2, 0) is 37.5 Å². The number of carbonyl (C=O) groups excluding carboxylic acids is 1. The van der Waals surface area contributed by atoms with Crippen LogP contribution in [0.2, 0.25) is 0 Å². The number of halogens is 1. The van der Waals surface area contributed by atoms with Gasteiger partial charge >= 0.3 is 0 Å². The number of nitrogens with zero attached hydrogens (tertiary/aromatic N) is 1. The van der Waals surface area contributed by atoms with E-state index in [9.17, 15) is 4.79 Å². The largest absolute Gasteiger partial charge is 0.481 e. The molecule has 1 radical (unpaired) electrons. The molecule has 0 N–H and O–H groups in total. The molecule has 1 aliphatic heterocycles. The molecule has 0 aromatic heterocycles. The van der Waals surface area contributed by atoms with E-state index in [-0.39, 0.29) is 44.5 Å². The molecule has 3 nitrogen and oxygen atoms in total. The summed E-state index contributed by atoms with van der Waals surface area (Å²) < 4.78 is 6.40. The van der Waals surface area contributed by atoms with Gasteiger partial charge in [0, 0.05) is 45.7 Å². The van der Waals surface area contributed by atoms with Gasteiger partial charge in [-0.3, -0.25) is 4.79 Å². The fraction of sp³-hybridized carbons (Fsp3) is 0.353. The van der Waals surface area contributed by atoms with E-state index >= 15 is 0 Å². The van der Waals surface area contributed by atoms with E-state index in [1.54, 1.807) is 18.9 Å². The number of carbonyl (C=O) groups is 1. The molecule has 1 amide bonds. The van der Waals surface area contributed by atoms with Crippen LogP contribution >= 0.6 is 15.9 Å². The Labute approximate surface area is 165 Å². The van der Waals surface area contributed by atoms with Crippen molar-refractivity contribution in [2.24, 2.45) is 5.92 Å². The van der Waals surface area contributed by atoms with Gasteiger partial charge in [0.2, 0.25) is 5.91 Å². The van der Waals surface area contributed by atoms with E-state index < -0.39 is 0 Å². The maximum atomic E-state index is 12.1. The third-order valence-corrected chi connectivity index (χ3v) is 4.00. The maximum absolute atomic E-state index is 12.1. The molecule has 2 rings (SSSR count). The van der Waals surface area contributed by atoms with Crippen molar-refractivity contribution in [2.45, 2.75) is 20.3 Å². The van der Waals surface area contributed by atoms with Crippen molar-refractivity contribution >= 4 is 27.5 Å². The van der Waals surface area contributed by atoms with Gasteiger partial charge in [0.25, 0.3) is 0 Å². The van der Waals surface area contributed by atoms with Gasteiger partial charge in [0.05, 0.1) is 0 Å². The standard InChI is InChI=1S/C17H17BrNO2.Y/c1-4-5-10-21-13-7-8-14(15(18)11-13)16-9-6-12(2)17(20)19(16)3;/h7-8,11-12H,6,10H2,1-3H3;/q-1;. The zero-order valence-electron chi connectivity index (χ0n) is 12.9. The smallest absolute Gasteiger partial charge is 0.225 e. The number of hydrogen-bond acceptors (Lipinski definition) is 2. The van der Waals surface area contributed by atoms with Crippen LogP contribution in [0.15, 0.2) is 22.7 Å². The minimum Gasteiger partial charge on any atom is -0.481 e. The van der Waals surface area contributed by atoms with Gasteiger partial charge < -0.3 is 9.64 Å². The minimum absolute atomic E-state index is 0. The molecule has 1 aromatic rings. The molecule has 22 heavy (non-hydrogen) atoms. The quantitative estimate of drug-likeness (QED) is 0.537. The summed E-state index contributed by atoms with van der Waals surface area (Å²) in [7, 11) is 1.79. The molecular weight excluding hydrogens is 419 g/mol. The van der Waals surface area contributed by atoms with Crippen molar-refractivity contribution in [3.05, 3.63) is 34.3 Å². The molecular formula is C17H17BrNO2Y-. The number of ether oxygens (including phenoxy) is 1. The van der Waals surface area contributed by atoms with Crippen molar-refractivity contribution in [3.63, 3.8) is 0 Å². The third-order valence-electron chi connectivity index (χ3n) is 3.35. The van der Waals surface area contributed by atoms with E-state index in [2.05, 4.69) is 33.8 Å². The van der Waals surface area contributed by atoms with Crippen LogP contribution in [0.5, 0.6) is 5.75 Å². The van der Waals surface area contributed by atoms with Gasteiger partial charge in [-0.1, -0.05) is 39.7 Å². The molecule has 0 spiro atoms. The number of benzene rings is 1. The summed E-state index contributed by atoms with van der Waals surface area (Å²) >= 11 is 3.54. The number of hydrogen-bond donors (Lipinski definition) is 0. The van der Waals surface area contributed by atoms with E-state index in [4.69, 9.17) is 4.74 Å². The molecule has 5 heteroatoms. The zero-order valence-corrected chi connectivity index (χ0v) is 17.4. The van der Waals surface area contributed by atoms with E-state index in [0.717, 1.165) is 21.5 Å². The number of rotatable bonds is 3. The van der Waals surface area contributed by atoms with Crippen LogP contribution in [0, 0.1) is 23.8 Å². The Morgan fingerprint density at radius 1 is 1.50 bits per heavy atom. The molecule has 0 aliphatic carbocycles. The Morgan fingerprint density at radius 2 is 2.23 bits per heavy atom. The second kappa shape index (κ2) is 8.86. The first kappa shape index (κ1) is 19.4. The molecule has 1 aliphatic rings. The first-order chi connectivity index (χ1) is 10.0. The minimum atomic E-state index is -0.00671. The SMILES string of the molecule is CC#CCOc1ccc(C2=[C-]CC(C)C(=O)N2C)c(Br)c1.[Y]. The normalized spacial score (nSPS) is 17.1. The molecule has 0 saturated heterocycles. The van der Waals surface area contributed by atoms with Crippen molar-refractivity contribution in [1.29, 1.82) is 0 Å². The fourth-order valence-electron chi connectivity index (χ4n) is 2.14. The van der Waals surface area contributed by atoms with Crippen LogP contribution in [0.4, 0.5) is 0 Å². The molecule has 0 saturated carbocycles. The van der Waals surface area contributed by atoms with Crippen LogP contribution in [0.3, 0.4) is 0 Å². The van der Waals surface area contributed by atoms with Crippen LogP contribution in [0.1, 0.15) is 25.8 Å². The van der Waals surface area contributed by atoms with Gasteiger partial charge in [-0.2, -0.15) is 0 Å². The van der Waals surface area contributed by atoms with Gasteiger partial charge in [-0.05, 0) is 19.1 Å². The Morgan fingerprint density at radius 3 is 2.86 bits per heavy atom. The zero-order chi connectivity index (χ0) is 15.4. The maximum Gasteiger partial charge on any atom is 0.225 e. The molecule has 1 unspecified atom stereocenters. The van der Waals surface area contributed by atoms with Crippen LogP contribution < -0.4 is 4.74 Å². The monoisotopic (exact) mass is 435 g/mol. The van der Waals surface area contributed by atoms with Gasteiger partial charge in [0.15, 0.2) is 0 Å². The predicted molar refractivity (Wildman–Crippen MR) is 86.3 cm³/mol. The van der Waals surface area contributed by atoms with E-state index in [1.165, 1.54) is 0 Å². The van der Waals surface area contributed by atoms with E-state index in [1.807, 2.05) is 25.1 Å². The molecule has 1 atom stereocenters. The fourth-order valence-corrected chi connectivity index (χ4v) is 2.69. The second-order valence-electron chi connectivity index (χ2n) is 4.88. The van der Waals surface area contributed by atoms with Crippen LogP contribution in [-0.4, -0.2) is 24.5 Å². The summed E-state index contributed by atoms with van der Waals surface area (Å²) in [6.07, 6.45) is 3.95. The number of allylic oxidation sites excluding steroid dienone is 1. The summed E-state index contributed by atoms with van der Waals surface area (Å²) in [6, 6.07) is 5.70. The van der Waals surface area contributed by atoms with Crippen molar-refractivity contribution in [1.82, 2.24) is 4.90 Å². The first-order valence-electron chi connectivity index (χ1n) is 6.75. The number of amides is 1. The molecule has 113 valence electrons. The molecule has 0 fully saturated rings. The molecule has 0 bridgehead atoms. The molecule has 1 aromatic carbocycles. The predicted octanol–water partition coefficient (Wildman–Crippen LogP) is 3.49. The van der Waals surface area contributed by atoms with E-state index in [0.29, 0.717) is 13.0 Å². The van der Waals surface area contributed by atoms with Crippen molar-refractivity contribution in [2.75, 3.05) is 13.7 Å². The second-order valence-corrected chi connectivity index (χ2v) is 5.74. The van der Waals surface area contributed by atoms with Crippen LogP contribution in [0.25, 0.3) is 5.70 Å². The summed E-state index contributed by atoms with van der Waals surface area (Å²) in [5.41, 5.74) is 1.75. The van der Waals surface area contributed by atoms with Gasteiger partial charge in [-0.15, -0.1) is 23.2 Å². The summed E-state index contributed by atoms with van der Waals surface area (Å²) in [5.74, 6) is 6.49. The Hall–Kier alpha value is -0.626. The van der Waals surface area contributed by atoms with Crippen molar-refractivity contribution < 1.29 is 42.2 Å². The van der Waals surface area contributed by atoms with Gasteiger partial charge in [0.1, 0.15) is 12.4 Å². The third kappa shape index (κ3) is 4.44. The average Bonchev–Trinajstić information content (AvgIpc) is 2.46. The first-order valence-corrected chi connectivity index (χ1v) is 7.54. The average molecular weight is 436 g/mol. The van der Waals surface area contributed by atoms with Gasteiger partial charge in [-0.25, -0.2) is 6.08 Å². The Balaban J connectivity index is 0.00000242. The van der Waals surface area contributed by atoms with Crippen molar-refractivity contribution in [3.8, 4) is 17.6 Å². The molecule has 1 heterocycles. The Bertz CT molecular complexity index is 646. The summed E-state index contributed by atoms with van der Waals surface area (Å²) in [4.78, 5) is 13.7. The summed E-state index contributed by atoms with van der Waals surface area (Å²) in [5, 5.41) is 0. The Kier molecular flexibility index (Phi) is 7.82. The summed E-state index contributed by atoms with van der Waals surface area (Å²) in [6.45, 7) is 4.07.